The van der Waals surface area contributed by atoms with Crippen molar-refractivity contribution in [3.05, 3.63) is 30.1 Å². The smallest absolute Gasteiger partial charge is 0.317 e. The van der Waals surface area contributed by atoms with E-state index in [0.717, 1.165) is 51.3 Å². The molecular weight excluding hydrogens is 304 g/mol. The highest BCUT2D eigenvalue weighted by Crippen LogP contribution is 2.19. The van der Waals surface area contributed by atoms with Crippen LogP contribution in [0.2, 0.25) is 0 Å². The zero-order valence-corrected chi connectivity index (χ0v) is 14.6. The first-order chi connectivity index (χ1) is 11.6. The average Bonchev–Trinajstić information content (AvgIpc) is 2.55. The highest BCUT2D eigenvalue weighted by atomic mass is 16.5. The van der Waals surface area contributed by atoms with Crippen LogP contribution in [0.25, 0.3) is 0 Å². The summed E-state index contributed by atoms with van der Waals surface area (Å²) in [5, 5.41) is 3.19. The number of piperazine rings is 1. The summed E-state index contributed by atoms with van der Waals surface area (Å²) < 4.78 is 5.74. The molecule has 0 aliphatic carbocycles. The minimum Gasteiger partial charge on any atom is -0.375 e. The molecule has 1 aromatic heterocycles. The summed E-state index contributed by atoms with van der Waals surface area (Å²) in [6.07, 6.45) is 4.06. The van der Waals surface area contributed by atoms with Gasteiger partial charge in [-0.1, -0.05) is 6.07 Å². The number of carbonyl (C=O) groups is 1. The van der Waals surface area contributed by atoms with Crippen molar-refractivity contribution < 1.29 is 9.53 Å². The number of hydrogen-bond donors (Lipinski definition) is 1. The summed E-state index contributed by atoms with van der Waals surface area (Å²) >= 11 is 0. The van der Waals surface area contributed by atoms with Gasteiger partial charge < -0.3 is 15.0 Å². The van der Waals surface area contributed by atoms with E-state index in [-0.39, 0.29) is 24.3 Å². The highest BCUT2D eigenvalue weighted by molar-refractivity contribution is 5.74. The molecular formula is C18H28N4O2. The van der Waals surface area contributed by atoms with Crippen molar-refractivity contribution in [3.63, 3.8) is 0 Å². The second-order valence-electron chi connectivity index (χ2n) is 6.96. The number of aromatic nitrogens is 1. The standard InChI is InChI=1S/C18H28N4O2/c1-14-11-17(12-15(2)24-14)20-18(23)22-9-7-21(8-10-22)13-16-5-3-4-6-19-16/h3-6,14-15,17H,7-13H2,1-2H3,(H,20,23)/t14-,15+,17?. The van der Waals surface area contributed by atoms with Crippen LogP contribution in [0.4, 0.5) is 4.79 Å². The van der Waals surface area contributed by atoms with E-state index in [0.29, 0.717) is 0 Å². The zero-order valence-electron chi connectivity index (χ0n) is 14.6. The molecule has 132 valence electrons. The van der Waals surface area contributed by atoms with Crippen LogP contribution in [0.1, 0.15) is 32.4 Å². The van der Waals surface area contributed by atoms with E-state index in [1.807, 2.05) is 29.3 Å². The molecule has 0 radical (unpaired) electrons. The average molecular weight is 332 g/mol. The first kappa shape index (κ1) is 17.2. The van der Waals surface area contributed by atoms with E-state index in [2.05, 4.69) is 29.0 Å². The minimum absolute atomic E-state index is 0.0683. The molecule has 24 heavy (non-hydrogen) atoms. The van der Waals surface area contributed by atoms with Gasteiger partial charge in [0.05, 0.1) is 17.9 Å². The molecule has 0 spiro atoms. The van der Waals surface area contributed by atoms with Crippen molar-refractivity contribution in [1.82, 2.24) is 20.1 Å². The van der Waals surface area contributed by atoms with Crippen LogP contribution in [0.3, 0.4) is 0 Å². The summed E-state index contributed by atoms with van der Waals surface area (Å²) in [5.74, 6) is 0. The Balaban J connectivity index is 1.43. The molecule has 0 bridgehead atoms. The Hall–Kier alpha value is -1.66. The van der Waals surface area contributed by atoms with Gasteiger partial charge in [-0.3, -0.25) is 9.88 Å². The Kier molecular flexibility index (Phi) is 5.68. The Bertz CT molecular complexity index is 521. The Morgan fingerprint density at radius 2 is 1.92 bits per heavy atom. The molecule has 3 heterocycles. The third-order valence-electron chi connectivity index (χ3n) is 4.80. The van der Waals surface area contributed by atoms with Crippen molar-refractivity contribution in [2.75, 3.05) is 26.2 Å². The fourth-order valence-corrected chi connectivity index (χ4v) is 3.62. The maximum atomic E-state index is 12.5. The van der Waals surface area contributed by atoms with Gasteiger partial charge in [0, 0.05) is 45.0 Å². The normalized spacial score (nSPS) is 28.6. The van der Waals surface area contributed by atoms with Crippen LogP contribution in [0.5, 0.6) is 0 Å². The van der Waals surface area contributed by atoms with Crippen LogP contribution in [0, 0.1) is 0 Å². The van der Waals surface area contributed by atoms with E-state index in [1.54, 1.807) is 0 Å². The Morgan fingerprint density at radius 1 is 1.21 bits per heavy atom. The number of nitrogens with one attached hydrogen (secondary N) is 1. The summed E-state index contributed by atoms with van der Waals surface area (Å²) in [7, 11) is 0. The molecule has 0 aromatic carbocycles. The first-order valence-corrected chi connectivity index (χ1v) is 8.93. The van der Waals surface area contributed by atoms with Gasteiger partial charge in [-0.25, -0.2) is 4.79 Å². The van der Waals surface area contributed by atoms with Gasteiger partial charge in [0.1, 0.15) is 0 Å². The van der Waals surface area contributed by atoms with Crippen LogP contribution in [0.15, 0.2) is 24.4 Å². The van der Waals surface area contributed by atoms with Crippen molar-refractivity contribution >= 4 is 6.03 Å². The van der Waals surface area contributed by atoms with Crippen molar-refractivity contribution in [1.29, 1.82) is 0 Å². The number of nitrogens with zero attached hydrogens (tertiary/aromatic N) is 3. The molecule has 2 aliphatic rings. The van der Waals surface area contributed by atoms with E-state index < -0.39 is 0 Å². The maximum Gasteiger partial charge on any atom is 0.317 e. The summed E-state index contributed by atoms with van der Waals surface area (Å²) in [6.45, 7) is 8.33. The Labute approximate surface area is 144 Å². The molecule has 2 amide bonds. The molecule has 3 rings (SSSR count). The topological polar surface area (TPSA) is 57.7 Å². The lowest BCUT2D eigenvalue weighted by Gasteiger charge is -2.37. The molecule has 2 aliphatic heterocycles. The highest BCUT2D eigenvalue weighted by Gasteiger charge is 2.28. The first-order valence-electron chi connectivity index (χ1n) is 8.93. The summed E-state index contributed by atoms with van der Waals surface area (Å²) in [4.78, 5) is 21.1. The number of rotatable bonds is 3. The fraction of sp³-hybridized carbons (Fsp3) is 0.667. The van der Waals surface area contributed by atoms with Gasteiger partial charge in [-0.05, 0) is 38.8 Å². The second-order valence-corrected chi connectivity index (χ2v) is 6.96. The third kappa shape index (κ3) is 4.68. The van der Waals surface area contributed by atoms with Gasteiger partial charge in [-0.15, -0.1) is 0 Å². The maximum absolute atomic E-state index is 12.5. The van der Waals surface area contributed by atoms with E-state index >= 15 is 0 Å². The zero-order chi connectivity index (χ0) is 16.9. The molecule has 1 N–H and O–H groups in total. The second kappa shape index (κ2) is 7.94. The number of carbonyl (C=O) groups excluding carboxylic acids is 1. The van der Waals surface area contributed by atoms with Crippen molar-refractivity contribution in [2.24, 2.45) is 0 Å². The van der Waals surface area contributed by atoms with E-state index in [9.17, 15) is 4.79 Å². The van der Waals surface area contributed by atoms with Gasteiger partial charge >= 0.3 is 6.03 Å². The largest absolute Gasteiger partial charge is 0.375 e. The quantitative estimate of drug-likeness (QED) is 0.918. The lowest BCUT2D eigenvalue weighted by Crippen LogP contribution is -2.54. The molecule has 6 heteroatoms. The predicted octanol–water partition coefficient (Wildman–Crippen LogP) is 1.86. The molecule has 3 atom stereocenters. The monoisotopic (exact) mass is 332 g/mol. The summed E-state index contributed by atoms with van der Waals surface area (Å²) in [5.41, 5.74) is 1.08. The van der Waals surface area contributed by atoms with Gasteiger partial charge in [0.25, 0.3) is 0 Å². The number of amides is 2. The SMILES string of the molecule is C[C@@H]1CC(NC(=O)N2CCN(Cc3ccccn3)CC2)C[C@H](C)O1. The van der Waals surface area contributed by atoms with Crippen LogP contribution >= 0.6 is 0 Å². The number of urea groups is 1. The molecule has 1 aromatic rings. The van der Waals surface area contributed by atoms with Crippen molar-refractivity contribution in [2.45, 2.75) is 51.5 Å². The van der Waals surface area contributed by atoms with Crippen LogP contribution in [-0.2, 0) is 11.3 Å². The lowest BCUT2D eigenvalue weighted by atomic mass is 10.00. The van der Waals surface area contributed by atoms with Crippen LogP contribution in [-0.4, -0.2) is 65.2 Å². The Morgan fingerprint density at radius 3 is 2.54 bits per heavy atom. The van der Waals surface area contributed by atoms with E-state index in [4.69, 9.17) is 4.74 Å². The van der Waals surface area contributed by atoms with Gasteiger partial charge in [0.2, 0.25) is 0 Å². The fourth-order valence-electron chi connectivity index (χ4n) is 3.62. The van der Waals surface area contributed by atoms with E-state index in [1.165, 1.54) is 0 Å². The number of ether oxygens (including phenoxy) is 1. The number of hydrogen-bond acceptors (Lipinski definition) is 4. The van der Waals surface area contributed by atoms with Gasteiger partial charge in [0.15, 0.2) is 0 Å². The van der Waals surface area contributed by atoms with Crippen LogP contribution < -0.4 is 5.32 Å². The minimum atomic E-state index is 0.0683. The predicted molar refractivity (Wildman–Crippen MR) is 92.6 cm³/mol. The molecule has 2 saturated heterocycles. The van der Waals surface area contributed by atoms with Crippen molar-refractivity contribution in [3.8, 4) is 0 Å². The molecule has 0 saturated carbocycles. The molecule has 6 nitrogen and oxygen atoms in total. The number of pyridine rings is 1. The van der Waals surface area contributed by atoms with Gasteiger partial charge in [-0.2, -0.15) is 0 Å². The summed E-state index contributed by atoms with van der Waals surface area (Å²) in [6, 6.07) is 6.29. The molecule has 2 fully saturated rings. The third-order valence-corrected chi connectivity index (χ3v) is 4.80. The lowest BCUT2D eigenvalue weighted by molar-refractivity contribution is -0.0408. The molecule has 1 unspecified atom stereocenters.